The van der Waals surface area contributed by atoms with E-state index in [0.717, 1.165) is 5.56 Å². The number of nitrogens with zero attached hydrogens (tertiary/aromatic N) is 1. The molecule has 0 radical (unpaired) electrons. The van der Waals surface area contributed by atoms with Crippen LogP contribution in [0.2, 0.25) is 0 Å². The van der Waals surface area contributed by atoms with Gasteiger partial charge in [0.2, 0.25) is 5.91 Å². The lowest BCUT2D eigenvalue weighted by Crippen LogP contribution is -2.47. The van der Waals surface area contributed by atoms with E-state index in [9.17, 15) is 14.0 Å². The third kappa shape index (κ3) is 3.82. The van der Waals surface area contributed by atoms with E-state index in [1.54, 1.807) is 26.0 Å². The van der Waals surface area contributed by atoms with Crippen molar-refractivity contribution in [3.05, 3.63) is 29.6 Å². The molecule has 0 aliphatic carbocycles. The van der Waals surface area contributed by atoms with Gasteiger partial charge >= 0.3 is 5.97 Å². The number of halogens is 1. The van der Waals surface area contributed by atoms with Gasteiger partial charge in [-0.15, -0.1) is 0 Å². The summed E-state index contributed by atoms with van der Waals surface area (Å²) in [5.41, 5.74) is 0.960. The number of carbonyl (C=O) groups excluding carboxylic acids is 1. The van der Waals surface area contributed by atoms with Gasteiger partial charge in [0.25, 0.3) is 0 Å². The number of likely N-dealkylation sites (tertiary alicyclic amines) is 1. The van der Waals surface area contributed by atoms with Gasteiger partial charge in [-0.1, -0.05) is 6.07 Å². The first-order chi connectivity index (χ1) is 10.4. The number of carboxylic acid groups (broad SMARTS) is 1. The lowest BCUT2D eigenvalue weighted by Gasteiger charge is -2.33. The highest BCUT2D eigenvalue weighted by Gasteiger charge is 2.29. The molecule has 1 unspecified atom stereocenters. The average molecular weight is 308 g/mol. The molecular formula is C16H21FN2O3. The quantitative estimate of drug-likeness (QED) is 0.895. The summed E-state index contributed by atoms with van der Waals surface area (Å²) in [6.07, 6.45) is 1.07. The Balaban J connectivity index is 1.94. The fraction of sp³-hybridized carbons (Fsp3) is 0.500. The maximum atomic E-state index is 13.8. The first kappa shape index (κ1) is 16.4. The summed E-state index contributed by atoms with van der Waals surface area (Å²) in [5.74, 6) is -1.85. The third-order valence-corrected chi connectivity index (χ3v) is 4.19. The second-order valence-electron chi connectivity index (χ2n) is 5.80. The van der Waals surface area contributed by atoms with Gasteiger partial charge in [-0.05, 0) is 57.5 Å². The van der Waals surface area contributed by atoms with Gasteiger partial charge in [-0.2, -0.15) is 0 Å². The van der Waals surface area contributed by atoms with E-state index in [-0.39, 0.29) is 17.5 Å². The molecular weight excluding hydrogens is 287 g/mol. The second kappa shape index (κ2) is 6.87. The number of piperidine rings is 1. The smallest absolute Gasteiger partial charge is 0.306 e. The van der Waals surface area contributed by atoms with Crippen LogP contribution in [-0.2, 0) is 9.59 Å². The van der Waals surface area contributed by atoms with Crippen molar-refractivity contribution in [2.45, 2.75) is 32.7 Å². The van der Waals surface area contributed by atoms with E-state index < -0.39 is 17.8 Å². The van der Waals surface area contributed by atoms with Crippen molar-refractivity contribution in [3.8, 4) is 0 Å². The molecule has 1 aliphatic heterocycles. The van der Waals surface area contributed by atoms with Crippen LogP contribution in [0.4, 0.5) is 10.1 Å². The molecule has 5 nitrogen and oxygen atoms in total. The van der Waals surface area contributed by atoms with Crippen molar-refractivity contribution in [1.29, 1.82) is 0 Å². The average Bonchev–Trinajstić information content (AvgIpc) is 2.49. The Kier molecular flexibility index (Phi) is 5.13. The Labute approximate surface area is 129 Å². The van der Waals surface area contributed by atoms with Crippen LogP contribution >= 0.6 is 0 Å². The van der Waals surface area contributed by atoms with Crippen LogP contribution < -0.4 is 5.32 Å². The van der Waals surface area contributed by atoms with Crippen LogP contribution in [0.1, 0.15) is 25.3 Å². The first-order valence-electron chi connectivity index (χ1n) is 7.42. The van der Waals surface area contributed by atoms with Gasteiger partial charge in [-0.25, -0.2) is 4.39 Å². The minimum atomic E-state index is -0.779. The number of carboxylic acids is 1. The topological polar surface area (TPSA) is 69.6 Å². The summed E-state index contributed by atoms with van der Waals surface area (Å²) in [6, 6.07) is 4.24. The highest BCUT2D eigenvalue weighted by Crippen LogP contribution is 2.20. The maximum absolute atomic E-state index is 13.8. The molecule has 1 aliphatic rings. The summed E-state index contributed by atoms with van der Waals surface area (Å²) in [6.45, 7) is 4.65. The highest BCUT2D eigenvalue weighted by molar-refractivity contribution is 5.94. The standard InChI is InChI=1S/C16H21FN2O3/c1-10-3-4-14(13(17)9-10)18-15(20)11(2)19-7-5-12(6-8-19)16(21)22/h3-4,9,11-12H,5-8H2,1-2H3,(H,18,20)(H,21,22). The molecule has 6 heteroatoms. The van der Waals surface area contributed by atoms with Crippen molar-refractivity contribution in [3.63, 3.8) is 0 Å². The number of hydrogen-bond donors (Lipinski definition) is 2. The Morgan fingerprint density at radius 3 is 2.55 bits per heavy atom. The number of benzene rings is 1. The van der Waals surface area contributed by atoms with E-state index in [1.807, 2.05) is 4.90 Å². The van der Waals surface area contributed by atoms with Crippen LogP contribution in [0.15, 0.2) is 18.2 Å². The minimum absolute atomic E-state index is 0.169. The number of aryl methyl sites for hydroxylation is 1. The van der Waals surface area contributed by atoms with Gasteiger partial charge < -0.3 is 10.4 Å². The molecule has 1 aromatic carbocycles. The van der Waals surface area contributed by atoms with E-state index in [0.29, 0.717) is 25.9 Å². The summed E-state index contributed by atoms with van der Waals surface area (Å²) in [5, 5.41) is 11.6. The molecule has 1 saturated heterocycles. The van der Waals surface area contributed by atoms with Crippen molar-refractivity contribution in [2.75, 3.05) is 18.4 Å². The van der Waals surface area contributed by atoms with Crippen LogP contribution in [0, 0.1) is 18.7 Å². The predicted molar refractivity (Wildman–Crippen MR) is 81.2 cm³/mol. The highest BCUT2D eigenvalue weighted by atomic mass is 19.1. The molecule has 1 amide bonds. The van der Waals surface area contributed by atoms with E-state index in [1.165, 1.54) is 6.07 Å². The minimum Gasteiger partial charge on any atom is -0.481 e. The molecule has 1 atom stereocenters. The second-order valence-corrected chi connectivity index (χ2v) is 5.80. The summed E-state index contributed by atoms with van der Waals surface area (Å²) in [4.78, 5) is 25.1. The van der Waals surface area contributed by atoms with Crippen molar-refractivity contribution >= 4 is 17.6 Å². The summed E-state index contributed by atoms with van der Waals surface area (Å²) >= 11 is 0. The fourth-order valence-electron chi connectivity index (χ4n) is 2.66. The van der Waals surface area contributed by atoms with Crippen molar-refractivity contribution in [2.24, 2.45) is 5.92 Å². The monoisotopic (exact) mass is 308 g/mol. The van der Waals surface area contributed by atoms with E-state index in [2.05, 4.69) is 5.32 Å². The van der Waals surface area contributed by atoms with Crippen molar-refractivity contribution in [1.82, 2.24) is 4.90 Å². The largest absolute Gasteiger partial charge is 0.481 e. The van der Waals surface area contributed by atoms with Crippen LogP contribution in [-0.4, -0.2) is 41.0 Å². The van der Waals surface area contributed by atoms with Gasteiger partial charge in [0.1, 0.15) is 5.82 Å². The van der Waals surface area contributed by atoms with E-state index >= 15 is 0 Å². The lowest BCUT2D eigenvalue weighted by molar-refractivity contribution is -0.143. The normalized spacial score (nSPS) is 18.0. The third-order valence-electron chi connectivity index (χ3n) is 4.19. The number of hydrogen-bond acceptors (Lipinski definition) is 3. The maximum Gasteiger partial charge on any atom is 0.306 e. The lowest BCUT2D eigenvalue weighted by atomic mass is 9.96. The van der Waals surface area contributed by atoms with Crippen molar-refractivity contribution < 1.29 is 19.1 Å². The molecule has 2 rings (SSSR count). The number of nitrogens with one attached hydrogen (secondary N) is 1. The van der Waals surface area contributed by atoms with Crippen LogP contribution in [0.5, 0.6) is 0 Å². The number of amides is 1. The molecule has 2 N–H and O–H groups in total. The summed E-state index contributed by atoms with van der Waals surface area (Å²) in [7, 11) is 0. The molecule has 1 aromatic rings. The van der Waals surface area contributed by atoms with Gasteiger partial charge in [0.05, 0.1) is 17.6 Å². The molecule has 0 aromatic heterocycles. The molecule has 0 spiro atoms. The van der Waals surface area contributed by atoms with Crippen LogP contribution in [0.25, 0.3) is 0 Å². The SMILES string of the molecule is Cc1ccc(NC(=O)C(C)N2CCC(C(=O)O)CC2)c(F)c1. The number of carbonyl (C=O) groups is 2. The molecule has 1 heterocycles. The first-order valence-corrected chi connectivity index (χ1v) is 7.42. The van der Waals surface area contributed by atoms with Gasteiger partial charge in [0.15, 0.2) is 0 Å². The Morgan fingerprint density at radius 2 is 2.00 bits per heavy atom. The molecule has 0 saturated carbocycles. The van der Waals surface area contributed by atoms with Gasteiger partial charge in [0, 0.05) is 0 Å². The zero-order valence-corrected chi connectivity index (χ0v) is 12.8. The zero-order valence-electron chi connectivity index (χ0n) is 12.8. The molecule has 120 valence electrons. The fourth-order valence-corrected chi connectivity index (χ4v) is 2.66. The molecule has 1 fully saturated rings. The molecule has 22 heavy (non-hydrogen) atoms. The molecule has 0 bridgehead atoms. The number of aliphatic carboxylic acids is 1. The van der Waals surface area contributed by atoms with Gasteiger partial charge in [-0.3, -0.25) is 14.5 Å². The Hall–Kier alpha value is -1.95. The Bertz CT molecular complexity index is 569. The summed E-state index contributed by atoms with van der Waals surface area (Å²) < 4.78 is 13.8. The zero-order chi connectivity index (χ0) is 16.3. The van der Waals surface area contributed by atoms with E-state index in [4.69, 9.17) is 5.11 Å². The Morgan fingerprint density at radius 1 is 1.36 bits per heavy atom. The number of anilines is 1. The van der Waals surface area contributed by atoms with Crippen LogP contribution in [0.3, 0.4) is 0 Å². The number of rotatable bonds is 4. The predicted octanol–water partition coefficient (Wildman–Crippen LogP) is 2.26.